The summed E-state index contributed by atoms with van der Waals surface area (Å²) in [6.45, 7) is 0.0486. The summed E-state index contributed by atoms with van der Waals surface area (Å²) in [6, 6.07) is 14.9. The summed E-state index contributed by atoms with van der Waals surface area (Å²) in [5.74, 6) is 0.271. The molecule has 0 amide bonds. The number of benzene rings is 2. The molecule has 102 valence electrons. The number of aromatic hydroxyl groups is 1. The van der Waals surface area contributed by atoms with Crippen molar-refractivity contribution in [2.45, 2.75) is 25.1 Å². The third kappa shape index (κ3) is 2.42. The molecule has 1 aliphatic heterocycles. The van der Waals surface area contributed by atoms with Crippen LogP contribution in [0.15, 0.2) is 58.8 Å². The third-order valence-electron chi connectivity index (χ3n) is 3.63. The molecule has 1 heterocycles. The van der Waals surface area contributed by atoms with Crippen molar-refractivity contribution >= 4 is 0 Å². The van der Waals surface area contributed by atoms with Crippen LogP contribution in [0.25, 0.3) is 0 Å². The van der Waals surface area contributed by atoms with E-state index < -0.39 is 0 Å². The summed E-state index contributed by atoms with van der Waals surface area (Å²) in [5, 5.41) is 27.5. The van der Waals surface area contributed by atoms with Gasteiger partial charge in [0.05, 0.1) is 12.6 Å². The molecule has 0 fully saturated rings. The first-order valence-electron chi connectivity index (χ1n) is 6.65. The zero-order valence-electron chi connectivity index (χ0n) is 11.0. The minimum atomic E-state index is -0.0845. The number of nitrogens with zero attached hydrogens (tertiary/aromatic N) is 2. The summed E-state index contributed by atoms with van der Waals surface area (Å²) in [5.41, 5.74) is 2.80. The molecule has 1 aliphatic rings. The molecular formula is C16H16N2O2. The standard InChI is InChI=1S/C16H16N2O2/c19-10-11-5-7-12(8-6-11)14-9-15(18-17-14)13-3-1-2-4-16(13)20/h1-8,14-15,19-20H,9-10H2. The predicted octanol–water partition coefficient (Wildman–Crippen LogP) is 3.52. The number of para-hydroxylation sites is 1. The second-order valence-corrected chi connectivity index (χ2v) is 4.96. The second-order valence-electron chi connectivity index (χ2n) is 4.96. The zero-order valence-corrected chi connectivity index (χ0v) is 11.0. The largest absolute Gasteiger partial charge is 0.508 e. The summed E-state index contributed by atoms with van der Waals surface area (Å²) in [7, 11) is 0. The molecule has 2 N–H and O–H groups in total. The smallest absolute Gasteiger partial charge is 0.120 e. The van der Waals surface area contributed by atoms with E-state index in [4.69, 9.17) is 5.11 Å². The highest BCUT2D eigenvalue weighted by Crippen LogP contribution is 2.41. The van der Waals surface area contributed by atoms with Crippen molar-refractivity contribution in [2.24, 2.45) is 10.2 Å². The highest BCUT2D eigenvalue weighted by molar-refractivity contribution is 5.36. The highest BCUT2D eigenvalue weighted by atomic mass is 16.3. The van der Waals surface area contributed by atoms with E-state index in [1.54, 1.807) is 12.1 Å². The fourth-order valence-corrected chi connectivity index (χ4v) is 2.47. The number of aliphatic hydroxyl groups is 1. The molecule has 0 aromatic heterocycles. The molecule has 2 aromatic carbocycles. The number of phenolic OH excluding ortho intramolecular Hbond substituents is 1. The molecule has 0 saturated carbocycles. The number of hydrogen-bond donors (Lipinski definition) is 2. The summed E-state index contributed by atoms with van der Waals surface area (Å²) in [4.78, 5) is 0. The lowest BCUT2D eigenvalue weighted by Gasteiger charge is -2.10. The summed E-state index contributed by atoms with van der Waals surface area (Å²) in [6.07, 6.45) is 0.760. The Morgan fingerprint density at radius 2 is 1.65 bits per heavy atom. The average Bonchev–Trinajstić information content (AvgIpc) is 2.97. The molecule has 20 heavy (non-hydrogen) atoms. The van der Waals surface area contributed by atoms with E-state index in [-0.39, 0.29) is 24.4 Å². The Hall–Kier alpha value is -2.20. The van der Waals surface area contributed by atoms with E-state index in [1.165, 1.54) is 0 Å². The lowest BCUT2D eigenvalue weighted by molar-refractivity contribution is 0.282. The molecule has 0 radical (unpaired) electrons. The Labute approximate surface area is 117 Å². The number of rotatable bonds is 3. The van der Waals surface area contributed by atoms with E-state index in [0.717, 1.165) is 23.1 Å². The van der Waals surface area contributed by atoms with Gasteiger partial charge in [-0.05, 0) is 17.2 Å². The lowest BCUT2D eigenvalue weighted by atomic mass is 9.96. The molecule has 0 aliphatic carbocycles. The first kappa shape index (κ1) is 12.8. The van der Waals surface area contributed by atoms with Crippen LogP contribution in [0.5, 0.6) is 5.75 Å². The number of phenols is 1. The average molecular weight is 268 g/mol. The van der Waals surface area contributed by atoms with Gasteiger partial charge in [-0.2, -0.15) is 10.2 Å². The van der Waals surface area contributed by atoms with Crippen LogP contribution in [0, 0.1) is 0 Å². The number of hydrogen-bond acceptors (Lipinski definition) is 4. The van der Waals surface area contributed by atoms with Gasteiger partial charge < -0.3 is 10.2 Å². The fourth-order valence-electron chi connectivity index (χ4n) is 2.47. The van der Waals surface area contributed by atoms with Crippen LogP contribution < -0.4 is 0 Å². The van der Waals surface area contributed by atoms with Crippen LogP contribution in [-0.4, -0.2) is 10.2 Å². The quantitative estimate of drug-likeness (QED) is 0.894. The van der Waals surface area contributed by atoms with Gasteiger partial charge in [-0.1, -0.05) is 42.5 Å². The van der Waals surface area contributed by atoms with Gasteiger partial charge in [-0.15, -0.1) is 0 Å². The SMILES string of the molecule is OCc1ccc(C2CC(c3ccccc3O)N=N2)cc1. The van der Waals surface area contributed by atoms with Crippen molar-refractivity contribution in [1.29, 1.82) is 0 Å². The van der Waals surface area contributed by atoms with Crippen molar-refractivity contribution in [1.82, 2.24) is 0 Å². The Morgan fingerprint density at radius 1 is 0.950 bits per heavy atom. The van der Waals surface area contributed by atoms with E-state index in [0.29, 0.717) is 0 Å². The highest BCUT2D eigenvalue weighted by Gasteiger charge is 2.26. The molecule has 0 spiro atoms. The number of aliphatic hydroxyl groups excluding tert-OH is 1. The Bertz CT molecular complexity index is 623. The van der Waals surface area contributed by atoms with Gasteiger partial charge in [0.2, 0.25) is 0 Å². The van der Waals surface area contributed by atoms with Crippen molar-refractivity contribution in [2.75, 3.05) is 0 Å². The van der Waals surface area contributed by atoms with Crippen LogP contribution in [0.2, 0.25) is 0 Å². The van der Waals surface area contributed by atoms with Gasteiger partial charge >= 0.3 is 0 Å². The monoisotopic (exact) mass is 268 g/mol. The van der Waals surface area contributed by atoms with Crippen molar-refractivity contribution in [3.05, 3.63) is 65.2 Å². The Morgan fingerprint density at radius 3 is 2.35 bits per heavy atom. The fraction of sp³-hybridized carbons (Fsp3) is 0.250. The zero-order chi connectivity index (χ0) is 13.9. The molecule has 4 heteroatoms. The molecule has 3 rings (SSSR count). The molecule has 0 saturated heterocycles. The van der Waals surface area contributed by atoms with Gasteiger partial charge in [0.25, 0.3) is 0 Å². The summed E-state index contributed by atoms with van der Waals surface area (Å²) < 4.78 is 0. The van der Waals surface area contributed by atoms with Crippen molar-refractivity contribution < 1.29 is 10.2 Å². The minimum Gasteiger partial charge on any atom is -0.508 e. The van der Waals surface area contributed by atoms with E-state index >= 15 is 0 Å². The van der Waals surface area contributed by atoms with E-state index in [1.807, 2.05) is 36.4 Å². The van der Waals surface area contributed by atoms with Crippen LogP contribution in [0.4, 0.5) is 0 Å². The molecule has 4 nitrogen and oxygen atoms in total. The lowest BCUT2D eigenvalue weighted by Crippen LogP contribution is -1.97. The second kappa shape index (κ2) is 5.43. The molecule has 2 unspecified atom stereocenters. The Kier molecular flexibility index (Phi) is 3.48. The minimum absolute atomic E-state index is 0.0207. The van der Waals surface area contributed by atoms with Crippen LogP contribution in [-0.2, 0) is 6.61 Å². The van der Waals surface area contributed by atoms with Crippen LogP contribution in [0.1, 0.15) is 35.2 Å². The Balaban J connectivity index is 1.77. The van der Waals surface area contributed by atoms with Gasteiger partial charge in [-0.3, -0.25) is 0 Å². The van der Waals surface area contributed by atoms with Crippen LogP contribution in [0.3, 0.4) is 0 Å². The molecule has 0 bridgehead atoms. The predicted molar refractivity (Wildman–Crippen MR) is 75.4 cm³/mol. The van der Waals surface area contributed by atoms with Crippen molar-refractivity contribution in [3.8, 4) is 5.75 Å². The van der Waals surface area contributed by atoms with Gasteiger partial charge in [-0.25, -0.2) is 0 Å². The molecule has 2 aromatic rings. The van der Waals surface area contributed by atoms with Gasteiger partial charge in [0, 0.05) is 12.0 Å². The van der Waals surface area contributed by atoms with Crippen LogP contribution >= 0.6 is 0 Å². The number of azo groups is 1. The first-order chi connectivity index (χ1) is 9.78. The maximum absolute atomic E-state index is 9.87. The van der Waals surface area contributed by atoms with Gasteiger partial charge in [0.15, 0.2) is 0 Å². The third-order valence-corrected chi connectivity index (χ3v) is 3.63. The topological polar surface area (TPSA) is 65.2 Å². The molecule has 2 atom stereocenters. The van der Waals surface area contributed by atoms with Crippen molar-refractivity contribution in [3.63, 3.8) is 0 Å². The maximum atomic E-state index is 9.87. The van der Waals surface area contributed by atoms with E-state index in [2.05, 4.69) is 10.2 Å². The van der Waals surface area contributed by atoms with Gasteiger partial charge in [0.1, 0.15) is 11.8 Å². The maximum Gasteiger partial charge on any atom is 0.120 e. The first-order valence-corrected chi connectivity index (χ1v) is 6.65. The molecular weight excluding hydrogens is 252 g/mol. The normalized spacial score (nSPS) is 21.2. The van der Waals surface area contributed by atoms with E-state index in [9.17, 15) is 5.11 Å². The summed E-state index contributed by atoms with van der Waals surface area (Å²) >= 11 is 0.